The third-order valence-electron chi connectivity index (χ3n) is 3.44. The molecular formula is C17H11BrF8N2O. The number of hydrogen-bond donors (Lipinski definition) is 1. The van der Waals surface area contributed by atoms with Gasteiger partial charge in [-0.1, -0.05) is 28.1 Å². The molecule has 158 valence electrons. The van der Waals surface area contributed by atoms with Crippen molar-refractivity contribution in [2.24, 2.45) is 5.10 Å². The molecule has 0 atom stereocenters. The van der Waals surface area contributed by atoms with Crippen LogP contribution in [0.2, 0.25) is 0 Å². The van der Waals surface area contributed by atoms with Gasteiger partial charge in [0.2, 0.25) is 0 Å². The van der Waals surface area contributed by atoms with Crippen molar-refractivity contribution in [3.05, 3.63) is 63.9 Å². The first-order valence-corrected chi connectivity index (χ1v) is 8.42. The van der Waals surface area contributed by atoms with Crippen molar-refractivity contribution in [2.75, 3.05) is 0 Å². The molecule has 0 saturated heterocycles. The zero-order valence-corrected chi connectivity index (χ0v) is 15.7. The minimum atomic E-state index is -6.47. The van der Waals surface area contributed by atoms with E-state index in [0.29, 0.717) is 21.7 Å². The van der Waals surface area contributed by atoms with Crippen LogP contribution in [0.15, 0.2) is 52.0 Å². The summed E-state index contributed by atoms with van der Waals surface area (Å²) in [5.41, 5.74) is 1.10. The van der Waals surface area contributed by atoms with Crippen LogP contribution in [0, 0.1) is 5.82 Å². The largest absolute Gasteiger partial charge is 0.488 e. The Hall–Kier alpha value is -2.37. The van der Waals surface area contributed by atoms with Crippen LogP contribution in [-0.2, 0) is 6.61 Å². The van der Waals surface area contributed by atoms with Gasteiger partial charge in [0.25, 0.3) is 0 Å². The predicted molar refractivity (Wildman–Crippen MR) is 91.6 cm³/mol. The Morgan fingerprint density at radius 1 is 0.966 bits per heavy atom. The van der Waals surface area contributed by atoms with Gasteiger partial charge in [0.1, 0.15) is 18.2 Å². The van der Waals surface area contributed by atoms with E-state index >= 15 is 0 Å². The van der Waals surface area contributed by atoms with Gasteiger partial charge in [-0.05, 0) is 35.9 Å². The van der Waals surface area contributed by atoms with Gasteiger partial charge in [-0.25, -0.2) is 9.82 Å². The highest BCUT2D eigenvalue weighted by Crippen LogP contribution is 2.45. The molecule has 0 aromatic heterocycles. The number of halogens is 9. The molecule has 3 nitrogen and oxygen atoms in total. The van der Waals surface area contributed by atoms with Gasteiger partial charge in [-0.15, -0.1) is 0 Å². The summed E-state index contributed by atoms with van der Waals surface area (Å²) in [7, 11) is 0. The lowest BCUT2D eigenvalue weighted by molar-refractivity contribution is -0.361. The topological polar surface area (TPSA) is 33.6 Å². The van der Waals surface area contributed by atoms with Gasteiger partial charge < -0.3 is 4.74 Å². The molecule has 2 aromatic carbocycles. The summed E-state index contributed by atoms with van der Waals surface area (Å²) in [6.45, 7) is -0.0571. The second-order valence-electron chi connectivity index (χ2n) is 5.61. The van der Waals surface area contributed by atoms with E-state index in [-0.39, 0.29) is 17.9 Å². The quantitative estimate of drug-likeness (QED) is 0.227. The van der Waals surface area contributed by atoms with E-state index < -0.39 is 24.0 Å². The molecule has 0 bridgehead atoms. The number of nitrogens with zero attached hydrogens (tertiary/aromatic N) is 1. The molecule has 0 fully saturated rings. The van der Waals surface area contributed by atoms with Crippen LogP contribution in [0.3, 0.4) is 0 Å². The standard InChI is InChI=1S/C17H11BrF8N2O/c18-12-3-6-14(29-9-10-1-4-13(19)5-2-10)11(7-12)8-27-28-17(25,26)15(20,21)16(22,23)24/h1-8,28H,9H2/b27-8+. The van der Waals surface area contributed by atoms with Gasteiger partial charge in [-0.3, -0.25) is 0 Å². The second kappa shape index (κ2) is 8.56. The monoisotopic (exact) mass is 490 g/mol. The Kier molecular flexibility index (Phi) is 6.76. The number of rotatable bonds is 7. The number of benzene rings is 2. The van der Waals surface area contributed by atoms with E-state index in [4.69, 9.17) is 4.74 Å². The number of nitrogens with one attached hydrogen (secondary N) is 1. The first kappa shape index (κ1) is 22.9. The Bertz CT molecular complexity index is 869. The molecule has 12 heteroatoms. The van der Waals surface area contributed by atoms with E-state index in [1.165, 1.54) is 42.5 Å². The van der Waals surface area contributed by atoms with Crippen molar-refractivity contribution in [1.29, 1.82) is 0 Å². The van der Waals surface area contributed by atoms with Gasteiger partial charge in [0.15, 0.2) is 0 Å². The lowest BCUT2D eigenvalue weighted by atomic mass is 10.2. The van der Waals surface area contributed by atoms with Crippen LogP contribution in [0.25, 0.3) is 0 Å². The van der Waals surface area contributed by atoms with Crippen LogP contribution in [-0.4, -0.2) is 24.4 Å². The molecular weight excluding hydrogens is 480 g/mol. The van der Waals surface area contributed by atoms with Crippen LogP contribution >= 0.6 is 15.9 Å². The summed E-state index contributed by atoms with van der Waals surface area (Å²) in [5, 5.41) is 2.81. The smallest absolute Gasteiger partial charge is 0.462 e. The maximum atomic E-state index is 13.2. The van der Waals surface area contributed by atoms with Gasteiger partial charge >= 0.3 is 18.1 Å². The van der Waals surface area contributed by atoms with Gasteiger partial charge in [0.05, 0.1) is 6.21 Å². The van der Waals surface area contributed by atoms with E-state index in [0.717, 1.165) is 0 Å². The Morgan fingerprint density at radius 3 is 2.17 bits per heavy atom. The zero-order valence-electron chi connectivity index (χ0n) is 14.1. The lowest BCUT2D eigenvalue weighted by Gasteiger charge is -2.27. The highest BCUT2D eigenvalue weighted by atomic mass is 79.9. The van der Waals surface area contributed by atoms with Crippen LogP contribution in [0.4, 0.5) is 35.1 Å². The first-order valence-electron chi connectivity index (χ1n) is 7.63. The molecule has 0 unspecified atom stereocenters. The van der Waals surface area contributed by atoms with Crippen molar-refractivity contribution in [2.45, 2.75) is 24.8 Å². The zero-order chi connectivity index (χ0) is 21.9. The summed E-state index contributed by atoms with van der Waals surface area (Å²) >= 11 is 3.09. The molecule has 0 aliphatic rings. The first-order chi connectivity index (χ1) is 13.3. The molecule has 0 saturated carbocycles. The van der Waals surface area contributed by atoms with Crippen molar-refractivity contribution in [1.82, 2.24) is 5.43 Å². The van der Waals surface area contributed by atoms with Crippen LogP contribution < -0.4 is 10.2 Å². The van der Waals surface area contributed by atoms with Crippen molar-refractivity contribution in [3.8, 4) is 5.75 Å². The third kappa shape index (κ3) is 5.58. The maximum Gasteiger partial charge on any atom is 0.462 e. The molecule has 2 rings (SSSR count). The van der Waals surface area contributed by atoms with Crippen LogP contribution in [0.1, 0.15) is 11.1 Å². The second-order valence-corrected chi connectivity index (χ2v) is 6.53. The van der Waals surface area contributed by atoms with E-state index in [1.807, 2.05) is 0 Å². The third-order valence-corrected chi connectivity index (χ3v) is 3.93. The molecule has 0 radical (unpaired) electrons. The van der Waals surface area contributed by atoms with E-state index in [2.05, 4.69) is 21.0 Å². The lowest BCUT2D eigenvalue weighted by Crippen LogP contribution is -2.58. The molecule has 1 N–H and O–H groups in total. The molecule has 0 heterocycles. The summed E-state index contributed by atoms with van der Waals surface area (Å²) < 4.78 is 107. The number of hydrazone groups is 1. The minimum absolute atomic E-state index is 0.000103. The fourth-order valence-electron chi connectivity index (χ4n) is 1.92. The fourth-order valence-corrected chi connectivity index (χ4v) is 2.30. The summed E-state index contributed by atoms with van der Waals surface area (Å²) in [6.07, 6.45) is -5.87. The number of hydrogen-bond acceptors (Lipinski definition) is 3. The average Bonchev–Trinajstić information content (AvgIpc) is 2.61. The van der Waals surface area contributed by atoms with Gasteiger partial charge in [0, 0.05) is 10.0 Å². The van der Waals surface area contributed by atoms with Crippen molar-refractivity contribution >= 4 is 22.1 Å². The van der Waals surface area contributed by atoms with Gasteiger partial charge in [-0.2, -0.15) is 35.8 Å². The number of ether oxygens (including phenoxy) is 1. The van der Waals surface area contributed by atoms with Crippen LogP contribution in [0.5, 0.6) is 5.75 Å². The molecule has 0 aliphatic heterocycles. The SMILES string of the molecule is Fc1ccc(COc2ccc(Br)cc2/C=N/NC(F)(F)C(F)(F)C(F)(F)F)cc1. The Labute approximate surface area is 167 Å². The average molecular weight is 491 g/mol. The highest BCUT2D eigenvalue weighted by molar-refractivity contribution is 9.10. The molecule has 0 aliphatic carbocycles. The Morgan fingerprint density at radius 2 is 1.59 bits per heavy atom. The molecule has 0 amide bonds. The van der Waals surface area contributed by atoms with E-state index in [9.17, 15) is 35.1 Å². The normalized spacial score (nSPS) is 13.0. The highest BCUT2D eigenvalue weighted by Gasteiger charge is 2.73. The summed E-state index contributed by atoms with van der Waals surface area (Å²) in [4.78, 5) is 0. The van der Waals surface area contributed by atoms with Crippen molar-refractivity contribution in [3.63, 3.8) is 0 Å². The van der Waals surface area contributed by atoms with Crippen molar-refractivity contribution < 1.29 is 39.9 Å². The predicted octanol–water partition coefficient (Wildman–Crippen LogP) is 5.88. The summed E-state index contributed by atoms with van der Waals surface area (Å²) in [5.74, 6) is -6.74. The minimum Gasteiger partial charge on any atom is -0.488 e. The summed E-state index contributed by atoms with van der Waals surface area (Å²) in [6, 6.07) is 3.78. The fraction of sp³-hybridized carbons (Fsp3) is 0.235. The van der Waals surface area contributed by atoms with E-state index in [1.54, 1.807) is 0 Å². The number of alkyl halides is 7. The molecule has 29 heavy (non-hydrogen) atoms. The molecule has 2 aromatic rings. The Balaban J connectivity index is 2.15. The molecule has 0 spiro atoms. The maximum absolute atomic E-state index is 13.2.